The van der Waals surface area contributed by atoms with Gasteiger partial charge in [-0.25, -0.2) is 18.4 Å². The number of halogens is 2. The summed E-state index contributed by atoms with van der Waals surface area (Å²) in [5.74, 6) is -2.53. The minimum atomic E-state index is -0.779. The molecule has 0 bridgehead atoms. The Morgan fingerprint density at radius 1 is 0.714 bits per heavy atom. The standard InChI is InChI=1S/C21H12F2O5/c22-16-5-1-13(2-6-16)20(25)27-18-9-10-19(15(11-18)12-24)28-21(26)14-3-7-17(23)8-4-14/h1-12H. The van der Waals surface area contributed by atoms with Gasteiger partial charge in [0.05, 0.1) is 16.7 Å². The van der Waals surface area contributed by atoms with Gasteiger partial charge in [-0.3, -0.25) is 4.79 Å². The van der Waals surface area contributed by atoms with Crippen LogP contribution in [0.3, 0.4) is 0 Å². The van der Waals surface area contributed by atoms with Crippen molar-refractivity contribution < 1.29 is 32.6 Å². The van der Waals surface area contributed by atoms with E-state index in [0.717, 1.165) is 24.3 Å². The Balaban J connectivity index is 1.75. The first kappa shape index (κ1) is 18.9. The van der Waals surface area contributed by atoms with Crippen LogP contribution in [-0.2, 0) is 0 Å². The lowest BCUT2D eigenvalue weighted by Crippen LogP contribution is -2.11. The number of hydrogen-bond acceptors (Lipinski definition) is 5. The lowest BCUT2D eigenvalue weighted by molar-refractivity contribution is 0.0717. The summed E-state index contributed by atoms with van der Waals surface area (Å²) in [6.45, 7) is 0. The SMILES string of the molecule is O=Cc1cc(OC(=O)c2ccc(F)cc2)ccc1OC(=O)c1ccc(F)cc1. The van der Waals surface area contributed by atoms with Crippen molar-refractivity contribution in [2.75, 3.05) is 0 Å². The van der Waals surface area contributed by atoms with E-state index in [1.165, 1.54) is 42.5 Å². The zero-order valence-electron chi connectivity index (χ0n) is 14.2. The average Bonchev–Trinajstić information content (AvgIpc) is 2.70. The fourth-order valence-electron chi connectivity index (χ4n) is 2.27. The summed E-state index contributed by atoms with van der Waals surface area (Å²) < 4.78 is 36.1. The molecule has 0 fully saturated rings. The van der Waals surface area contributed by atoms with E-state index in [1.807, 2.05) is 0 Å². The van der Waals surface area contributed by atoms with Crippen LogP contribution in [0.4, 0.5) is 8.78 Å². The molecule has 3 aromatic carbocycles. The van der Waals surface area contributed by atoms with E-state index in [9.17, 15) is 23.2 Å². The van der Waals surface area contributed by atoms with E-state index in [2.05, 4.69) is 0 Å². The molecular formula is C21H12F2O5. The van der Waals surface area contributed by atoms with Crippen LogP contribution in [0, 0.1) is 11.6 Å². The smallest absolute Gasteiger partial charge is 0.343 e. The molecule has 0 radical (unpaired) electrons. The van der Waals surface area contributed by atoms with Crippen molar-refractivity contribution in [1.82, 2.24) is 0 Å². The molecule has 0 N–H and O–H groups in total. The monoisotopic (exact) mass is 382 g/mol. The summed E-state index contributed by atoms with van der Waals surface area (Å²) >= 11 is 0. The molecular weight excluding hydrogens is 370 g/mol. The maximum Gasteiger partial charge on any atom is 0.343 e. The van der Waals surface area contributed by atoms with Gasteiger partial charge in [0, 0.05) is 0 Å². The number of ether oxygens (including phenoxy) is 2. The van der Waals surface area contributed by atoms with Crippen molar-refractivity contribution in [3.8, 4) is 11.5 Å². The topological polar surface area (TPSA) is 69.7 Å². The third kappa shape index (κ3) is 4.45. The highest BCUT2D eigenvalue weighted by Crippen LogP contribution is 2.24. The van der Waals surface area contributed by atoms with E-state index >= 15 is 0 Å². The molecule has 0 aliphatic carbocycles. The lowest BCUT2D eigenvalue weighted by atomic mass is 10.2. The van der Waals surface area contributed by atoms with Gasteiger partial charge in [-0.05, 0) is 66.7 Å². The molecule has 0 saturated carbocycles. The van der Waals surface area contributed by atoms with E-state index in [0.29, 0.717) is 6.29 Å². The highest BCUT2D eigenvalue weighted by molar-refractivity contribution is 5.93. The quantitative estimate of drug-likeness (QED) is 0.376. The Morgan fingerprint density at radius 2 is 1.21 bits per heavy atom. The second-order valence-electron chi connectivity index (χ2n) is 5.61. The molecule has 0 unspecified atom stereocenters. The van der Waals surface area contributed by atoms with Crippen molar-refractivity contribution in [2.24, 2.45) is 0 Å². The summed E-state index contributed by atoms with van der Waals surface area (Å²) in [5, 5.41) is 0. The van der Waals surface area contributed by atoms with Crippen LogP contribution in [0.2, 0.25) is 0 Å². The molecule has 7 heteroatoms. The number of carbonyl (C=O) groups excluding carboxylic acids is 3. The van der Waals surface area contributed by atoms with Crippen molar-refractivity contribution in [2.45, 2.75) is 0 Å². The third-order valence-electron chi connectivity index (χ3n) is 3.68. The maximum atomic E-state index is 12.9. The molecule has 28 heavy (non-hydrogen) atoms. The van der Waals surface area contributed by atoms with Crippen LogP contribution in [0.25, 0.3) is 0 Å². The first-order chi connectivity index (χ1) is 13.5. The zero-order valence-corrected chi connectivity index (χ0v) is 14.2. The third-order valence-corrected chi connectivity index (χ3v) is 3.68. The molecule has 0 aliphatic heterocycles. The number of aldehydes is 1. The fraction of sp³-hybridized carbons (Fsp3) is 0. The van der Waals surface area contributed by atoms with Gasteiger partial charge in [0.2, 0.25) is 0 Å². The normalized spacial score (nSPS) is 10.2. The molecule has 140 valence electrons. The van der Waals surface area contributed by atoms with Crippen molar-refractivity contribution >= 4 is 18.2 Å². The molecule has 3 aromatic rings. The highest BCUT2D eigenvalue weighted by atomic mass is 19.1. The van der Waals surface area contributed by atoms with Gasteiger partial charge in [0.25, 0.3) is 0 Å². The van der Waals surface area contributed by atoms with Crippen molar-refractivity contribution in [3.63, 3.8) is 0 Å². The Labute approximate surface area is 158 Å². The van der Waals surface area contributed by atoms with Crippen LogP contribution in [0.15, 0.2) is 66.7 Å². The molecule has 0 saturated heterocycles. The predicted octanol–water partition coefficient (Wildman–Crippen LogP) is 4.22. The Morgan fingerprint density at radius 3 is 1.71 bits per heavy atom. The maximum absolute atomic E-state index is 12.9. The summed E-state index contributed by atoms with van der Waals surface area (Å²) in [6.07, 6.45) is 0.433. The first-order valence-electron chi connectivity index (χ1n) is 8.01. The fourth-order valence-corrected chi connectivity index (χ4v) is 2.27. The Kier molecular flexibility index (Phi) is 5.55. The van der Waals surface area contributed by atoms with Crippen LogP contribution in [0.5, 0.6) is 11.5 Å². The minimum absolute atomic E-state index is 0.0279. The highest BCUT2D eigenvalue weighted by Gasteiger charge is 2.15. The van der Waals surface area contributed by atoms with Crippen LogP contribution < -0.4 is 9.47 Å². The van der Waals surface area contributed by atoms with Gasteiger partial charge in [-0.1, -0.05) is 0 Å². The second kappa shape index (κ2) is 8.22. The van der Waals surface area contributed by atoms with Gasteiger partial charge in [0.15, 0.2) is 6.29 Å². The number of benzene rings is 3. The first-order valence-corrected chi connectivity index (χ1v) is 8.01. The predicted molar refractivity (Wildman–Crippen MR) is 94.5 cm³/mol. The molecule has 0 amide bonds. The van der Waals surface area contributed by atoms with Gasteiger partial charge in [-0.15, -0.1) is 0 Å². The average molecular weight is 382 g/mol. The van der Waals surface area contributed by atoms with Crippen molar-refractivity contribution in [1.29, 1.82) is 0 Å². The van der Waals surface area contributed by atoms with Crippen LogP contribution in [-0.4, -0.2) is 18.2 Å². The van der Waals surface area contributed by atoms with Gasteiger partial charge < -0.3 is 9.47 Å². The Hall–Kier alpha value is -3.87. The van der Waals surface area contributed by atoms with Gasteiger partial charge in [-0.2, -0.15) is 0 Å². The molecule has 0 spiro atoms. The van der Waals surface area contributed by atoms with Crippen molar-refractivity contribution in [3.05, 3.63) is 95.1 Å². The summed E-state index contributed by atoms with van der Waals surface area (Å²) in [5.41, 5.74) is 0.200. The molecule has 0 aliphatic rings. The van der Waals surface area contributed by atoms with E-state index < -0.39 is 23.6 Å². The second-order valence-corrected chi connectivity index (χ2v) is 5.61. The number of carbonyl (C=O) groups is 3. The molecule has 0 aromatic heterocycles. The number of rotatable bonds is 5. The Bertz CT molecular complexity index is 1030. The number of hydrogen-bond donors (Lipinski definition) is 0. The zero-order chi connectivity index (χ0) is 20.1. The summed E-state index contributed by atoms with van der Waals surface area (Å²) in [4.78, 5) is 35.5. The van der Waals surface area contributed by atoms with E-state index in [4.69, 9.17) is 9.47 Å². The lowest BCUT2D eigenvalue weighted by Gasteiger charge is -2.09. The summed E-state index contributed by atoms with van der Waals surface area (Å²) in [7, 11) is 0. The molecule has 5 nitrogen and oxygen atoms in total. The minimum Gasteiger partial charge on any atom is -0.423 e. The summed E-state index contributed by atoms with van der Waals surface area (Å²) in [6, 6.07) is 13.3. The van der Waals surface area contributed by atoms with Crippen LogP contribution >= 0.6 is 0 Å². The molecule has 0 heterocycles. The van der Waals surface area contributed by atoms with Gasteiger partial charge >= 0.3 is 11.9 Å². The van der Waals surface area contributed by atoms with Gasteiger partial charge in [0.1, 0.15) is 23.1 Å². The molecule has 3 rings (SSSR count). The number of esters is 2. The largest absolute Gasteiger partial charge is 0.423 e. The van der Waals surface area contributed by atoms with E-state index in [1.54, 1.807) is 0 Å². The molecule has 0 atom stereocenters. The van der Waals surface area contributed by atoms with E-state index in [-0.39, 0.29) is 28.2 Å². The van der Waals surface area contributed by atoms with Crippen LogP contribution in [0.1, 0.15) is 31.1 Å².